The van der Waals surface area contributed by atoms with E-state index in [2.05, 4.69) is 71.9 Å². The maximum atomic E-state index is 11.3. The summed E-state index contributed by atoms with van der Waals surface area (Å²) in [4.78, 5) is 11.3. The predicted molar refractivity (Wildman–Crippen MR) is 113 cm³/mol. The van der Waals surface area contributed by atoms with Crippen LogP contribution in [0.3, 0.4) is 0 Å². The van der Waals surface area contributed by atoms with Crippen molar-refractivity contribution >= 4 is 17.7 Å². The number of allylic oxidation sites excluding steroid dienone is 5. The zero-order valence-electron chi connectivity index (χ0n) is 17.2. The second-order valence-corrected chi connectivity index (χ2v) is 8.11. The summed E-state index contributed by atoms with van der Waals surface area (Å²) in [5, 5.41) is 16.7. The highest BCUT2D eigenvalue weighted by atomic mass is 32.2. The second-order valence-electron chi connectivity index (χ2n) is 7.04. The molecule has 7 heteroatoms. The molecule has 0 bridgehead atoms. The van der Waals surface area contributed by atoms with Crippen molar-refractivity contribution in [1.29, 1.82) is 0 Å². The molecule has 27 heavy (non-hydrogen) atoms. The third-order valence-electron chi connectivity index (χ3n) is 4.03. The van der Waals surface area contributed by atoms with Crippen molar-refractivity contribution in [2.45, 2.75) is 66.3 Å². The SMILES string of the molecule is CC(=O)NC(CSC/C=C(\C)CC/C=C(\C)CCC=C(C)C)c1nnn[nH]1. The average molecular weight is 392 g/mol. The molecule has 1 atom stereocenters. The molecule has 1 aromatic heterocycles. The third kappa shape index (κ3) is 11.4. The number of carbonyl (C=O) groups excluding carboxylic acids is 1. The van der Waals surface area contributed by atoms with Gasteiger partial charge in [-0.15, -0.1) is 5.10 Å². The average Bonchev–Trinajstić information content (AvgIpc) is 3.11. The standard InChI is InChI=1S/C20H33N5OS/c1-15(2)8-6-9-16(3)10-7-11-17(4)12-13-27-14-19(21-18(5)26)20-22-24-25-23-20/h8,10,12,19H,6-7,9,11,13-14H2,1-5H3,(H,21,26)(H,22,23,24,25)/b16-10+,17-12+. The fourth-order valence-corrected chi connectivity index (χ4v) is 3.49. The fourth-order valence-electron chi connectivity index (χ4n) is 2.47. The largest absolute Gasteiger partial charge is 0.345 e. The Hall–Kier alpha value is -1.89. The predicted octanol–water partition coefficient (Wildman–Crippen LogP) is 4.53. The number of hydrogen-bond donors (Lipinski definition) is 2. The summed E-state index contributed by atoms with van der Waals surface area (Å²) in [5.41, 5.74) is 4.25. The second kappa shape index (κ2) is 13.3. The van der Waals surface area contributed by atoms with Gasteiger partial charge in [0.2, 0.25) is 5.91 Å². The van der Waals surface area contributed by atoms with Gasteiger partial charge in [0, 0.05) is 18.4 Å². The monoisotopic (exact) mass is 391 g/mol. The van der Waals surface area contributed by atoms with Gasteiger partial charge in [-0.25, -0.2) is 5.10 Å². The molecule has 0 radical (unpaired) electrons. The van der Waals surface area contributed by atoms with E-state index >= 15 is 0 Å². The molecule has 0 saturated heterocycles. The van der Waals surface area contributed by atoms with Crippen molar-refractivity contribution < 1.29 is 4.79 Å². The number of hydrogen-bond acceptors (Lipinski definition) is 5. The van der Waals surface area contributed by atoms with Crippen LogP contribution in [-0.2, 0) is 4.79 Å². The highest BCUT2D eigenvalue weighted by Gasteiger charge is 2.16. The molecule has 1 unspecified atom stereocenters. The Kier molecular flexibility index (Phi) is 11.4. The number of nitrogens with zero attached hydrogens (tertiary/aromatic N) is 3. The van der Waals surface area contributed by atoms with Gasteiger partial charge in [0.15, 0.2) is 5.82 Å². The van der Waals surface area contributed by atoms with E-state index in [9.17, 15) is 4.79 Å². The van der Waals surface area contributed by atoms with Gasteiger partial charge in [-0.1, -0.05) is 34.9 Å². The van der Waals surface area contributed by atoms with E-state index in [-0.39, 0.29) is 11.9 Å². The Morgan fingerprint density at radius 3 is 2.33 bits per heavy atom. The van der Waals surface area contributed by atoms with E-state index in [1.165, 1.54) is 23.6 Å². The number of amides is 1. The van der Waals surface area contributed by atoms with Crippen molar-refractivity contribution in [2.75, 3.05) is 11.5 Å². The molecule has 0 aliphatic carbocycles. The number of H-pyrrole nitrogens is 1. The van der Waals surface area contributed by atoms with E-state index < -0.39 is 0 Å². The van der Waals surface area contributed by atoms with Gasteiger partial charge < -0.3 is 5.32 Å². The van der Waals surface area contributed by atoms with Crippen molar-refractivity contribution in [2.24, 2.45) is 0 Å². The number of tetrazole rings is 1. The summed E-state index contributed by atoms with van der Waals surface area (Å²) in [6, 6.07) is -0.192. The van der Waals surface area contributed by atoms with Crippen molar-refractivity contribution in [3.05, 3.63) is 40.8 Å². The molecule has 0 aromatic carbocycles. The Morgan fingerprint density at radius 1 is 1.07 bits per heavy atom. The van der Waals surface area contributed by atoms with E-state index in [0.717, 1.165) is 37.2 Å². The Labute approximate surface area is 167 Å². The van der Waals surface area contributed by atoms with Gasteiger partial charge in [0.25, 0.3) is 0 Å². The fraction of sp³-hybridized carbons (Fsp3) is 0.600. The Bertz CT molecular complexity index is 645. The zero-order valence-corrected chi connectivity index (χ0v) is 18.0. The summed E-state index contributed by atoms with van der Waals surface area (Å²) >= 11 is 1.75. The van der Waals surface area contributed by atoms with Crippen LogP contribution in [0.25, 0.3) is 0 Å². The van der Waals surface area contributed by atoms with E-state index in [1.807, 2.05) is 0 Å². The summed E-state index contributed by atoms with van der Waals surface area (Å²) < 4.78 is 0. The molecule has 1 amide bonds. The molecule has 0 spiro atoms. The maximum absolute atomic E-state index is 11.3. The van der Waals surface area contributed by atoms with Gasteiger partial charge in [-0.2, -0.15) is 11.8 Å². The Balaban J connectivity index is 2.31. The first-order chi connectivity index (χ1) is 12.9. The third-order valence-corrected chi connectivity index (χ3v) is 5.00. The number of rotatable bonds is 12. The lowest BCUT2D eigenvalue weighted by molar-refractivity contribution is -0.119. The highest BCUT2D eigenvalue weighted by Crippen LogP contribution is 2.16. The smallest absolute Gasteiger partial charge is 0.217 e. The van der Waals surface area contributed by atoms with E-state index in [0.29, 0.717) is 5.82 Å². The zero-order chi connectivity index (χ0) is 20.1. The normalized spacial score (nSPS) is 13.4. The summed E-state index contributed by atoms with van der Waals surface area (Å²) in [5.74, 6) is 2.14. The van der Waals surface area contributed by atoms with Crippen molar-refractivity contribution in [3.8, 4) is 0 Å². The highest BCUT2D eigenvalue weighted by molar-refractivity contribution is 7.99. The van der Waals surface area contributed by atoms with Gasteiger partial charge in [0.05, 0.1) is 6.04 Å². The first-order valence-corrected chi connectivity index (χ1v) is 10.6. The van der Waals surface area contributed by atoms with Gasteiger partial charge in [-0.3, -0.25) is 4.79 Å². The van der Waals surface area contributed by atoms with Crippen LogP contribution in [0.1, 0.15) is 72.2 Å². The molecule has 0 aliphatic rings. The van der Waals surface area contributed by atoms with Crippen molar-refractivity contribution in [3.63, 3.8) is 0 Å². The molecule has 1 aromatic rings. The molecule has 1 heterocycles. The van der Waals surface area contributed by atoms with Crippen LogP contribution >= 0.6 is 11.8 Å². The van der Waals surface area contributed by atoms with Gasteiger partial charge in [-0.05, 0) is 63.8 Å². The van der Waals surface area contributed by atoms with Crippen LogP contribution in [0.15, 0.2) is 34.9 Å². The van der Waals surface area contributed by atoms with Crippen LogP contribution in [-0.4, -0.2) is 38.0 Å². The lowest BCUT2D eigenvalue weighted by Crippen LogP contribution is -2.28. The first-order valence-electron chi connectivity index (χ1n) is 9.41. The molecule has 0 aliphatic heterocycles. The Morgan fingerprint density at radius 2 is 1.74 bits per heavy atom. The molecule has 1 rings (SSSR count). The summed E-state index contributed by atoms with van der Waals surface area (Å²) in [6.07, 6.45) is 11.4. The number of aromatic amines is 1. The van der Waals surface area contributed by atoms with E-state index in [4.69, 9.17) is 0 Å². The summed E-state index contributed by atoms with van der Waals surface area (Å²) in [7, 11) is 0. The number of aromatic nitrogens is 4. The minimum atomic E-state index is -0.192. The minimum absolute atomic E-state index is 0.0875. The maximum Gasteiger partial charge on any atom is 0.217 e. The van der Waals surface area contributed by atoms with Crippen LogP contribution in [0.5, 0.6) is 0 Å². The molecular weight excluding hydrogens is 358 g/mol. The van der Waals surface area contributed by atoms with Gasteiger partial charge in [0.1, 0.15) is 0 Å². The quantitative estimate of drug-likeness (QED) is 0.404. The lowest BCUT2D eigenvalue weighted by Gasteiger charge is -2.13. The molecule has 2 N–H and O–H groups in total. The molecular formula is C20H33N5OS. The molecule has 6 nitrogen and oxygen atoms in total. The van der Waals surface area contributed by atoms with Crippen LogP contribution in [0.2, 0.25) is 0 Å². The molecule has 0 fully saturated rings. The lowest BCUT2D eigenvalue weighted by atomic mass is 10.1. The molecule has 0 saturated carbocycles. The van der Waals surface area contributed by atoms with Crippen molar-refractivity contribution in [1.82, 2.24) is 25.9 Å². The van der Waals surface area contributed by atoms with Gasteiger partial charge >= 0.3 is 0 Å². The molecule has 150 valence electrons. The topological polar surface area (TPSA) is 83.6 Å². The van der Waals surface area contributed by atoms with E-state index in [1.54, 1.807) is 11.8 Å². The first kappa shape index (κ1) is 23.1. The number of nitrogens with one attached hydrogen (secondary N) is 2. The number of thioether (sulfide) groups is 1. The minimum Gasteiger partial charge on any atom is -0.345 e. The number of carbonyl (C=O) groups is 1. The van der Waals surface area contributed by atoms with Crippen LogP contribution in [0.4, 0.5) is 0 Å². The summed E-state index contributed by atoms with van der Waals surface area (Å²) in [6.45, 7) is 10.2. The van der Waals surface area contributed by atoms with Crippen LogP contribution in [0, 0.1) is 0 Å². The van der Waals surface area contributed by atoms with Crippen LogP contribution < -0.4 is 5.32 Å².